The molecule has 1 aromatic rings. The average Bonchev–Trinajstić information content (AvgIpc) is 2.90. The maximum Gasteiger partial charge on any atom is 0.233 e. The molecule has 3 rings (SSSR count). The molecule has 76 valence electrons. The van der Waals surface area contributed by atoms with E-state index in [1.165, 1.54) is 0 Å². The molecule has 1 heterocycles. The summed E-state index contributed by atoms with van der Waals surface area (Å²) < 4.78 is 0. The molecule has 2 aliphatic rings. The number of amides is 2. The minimum atomic E-state index is -0.404. The van der Waals surface area contributed by atoms with Gasteiger partial charge < -0.3 is 0 Å². The van der Waals surface area contributed by atoms with Crippen LogP contribution in [0.25, 0.3) is 0 Å². The molecule has 1 aromatic carbocycles. The van der Waals surface area contributed by atoms with E-state index in [1.807, 2.05) is 30.3 Å². The van der Waals surface area contributed by atoms with Crippen LogP contribution in [0, 0.1) is 11.3 Å². The highest BCUT2D eigenvalue weighted by atomic mass is 16.2. The Balaban J connectivity index is 1.86. The third kappa shape index (κ3) is 1.12. The number of rotatable bonds is 2. The fraction of sp³-hybridized carbons (Fsp3) is 0.333. The van der Waals surface area contributed by atoms with E-state index in [0.717, 1.165) is 12.0 Å². The lowest BCUT2D eigenvalue weighted by atomic mass is 9.95. The Labute approximate surface area is 87.5 Å². The molecule has 0 aromatic heterocycles. The lowest BCUT2D eigenvalue weighted by Crippen LogP contribution is -2.29. The Morgan fingerprint density at radius 3 is 2.53 bits per heavy atom. The standard InChI is InChI=1S/C12H11NO2/c14-10-9-7-12(9,11(15)13-10)6-8-4-2-1-3-5-8/h1-5,9H,6-7H2,(H,13,14,15). The van der Waals surface area contributed by atoms with E-state index in [0.29, 0.717) is 6.42 Å². The number of carbonyl (C=O) groups is 2. The van der Waals surface area contributed by atoms with Crippen LogP contribution in [0.5, 0.6) is 0 Å². The van der Waals surface area contributed by atoms with Crippen molar-refractivity contribution in [3.05, 3.63) is 35.9 Å². The van der Waals surface area contributed by atoms with Gasteiger partial charge in [0.1, 0.15) is 0 Å². The number of benzene rings is 1. The first kappa shape index (κ1) is 8.65. The molecule has 0 radical (unpaired) electrons. The SMILES string of the molecule is O=C1NC(=O)C2(Cc3ccccc3)CC12. The second kappa shape index (κ2) is 2.69. The Bertz CT molecular complexity index is 440. The lowest BCUT2D eigenvalue weighted by molar-refractivity contribution is -0.128. The van der Waals surface area contributed by atoms with Gasteiger partial charge in [0.15, 0.2) is 0 Å². The molecular weight excluding hydrogens is 190 g/mol. The van der Waals surface area contributed by atoms with Crippen molar-refractivity contribution in [3.63, 3.8) is 0 Å². The van der Waals surface area contributed by atoms with Crippen molar-refractivity contribution in [1.82, 2.24) is 5.32 Å². The molecule has 3 heteroatoms. The summed E-state index contributed by atoms with van der Waals surface area (Å²) in [6.07, 6.45) is 1.42. The minimum absolute atomic E-state index is 0.0646. The Morgan fingerprint density at radius 1 is 1.27 bits per heavy atom. The van der Waals surface area contributed by atoms with E-state index in [2.05, 4.69) is 5.32 Å². The van der Waals surface area contributed by atoms with Crippen LogP contribution in [0.15, 0.2) is 30.3 Å². The van der Waals surface area contributed by atoms with Gasteiger partial charge in [-0.05, 0) is 18.4 Å². The predicted molar refractivity (Wildman–Crippen MR) is 53.8 cm³/mol. The van der Waals surface area contributed by atoms with Crippen molar-refractivity contribution in [1.29, 1.82) is 0 Å². The van der Waals surface area contributed by atoms with Crippen molar-refractivity contribution in [2.75, 3.05) is 0 Å². The van der Waals surface area contributed by atoms with Crippen LogP contribution in [-0.4, -0.2) is 11.8 Å². The third-order valence-electron chi connectivity index (χ3n) is 3.44. The molecule has 1 N–H and O–H groups in total. The van der Waals surface area contributed by atoms with Gasteiger partial charge in [0, 0.05) is 0 Å². The molecule has 0 bridgehead atoms. The van der Waals surface area contributed by atoms with E-state index in [9.17, 15) is 9.59 Å². The van der Waals surface area contributed by atoms with E-state index in [-0.39, 0.29) is 17.7 Å². The van der Waals surface area contributed by atoms with E-state index in [4.69, 9.17) is 0 Å². The summed E-state index contributed by atoms with van der Waals surface area (Å²) in [5.41, 5.74) is 0.725. The first-order valence-electron chi connectivity index (χ1n) is 5.12. The second-order valence-corrected chi connectivity index (χ2v) is 4.39. The number of carbonyl (C=O) groups excluding carboxylic acids is 2. The van der Waals surface area contributed by atoms with Gasteiger partial charge in [-0.25, -0.2) is 0 Å². The summed E-state index contributed by atoms with van der Waals surface area (Å²) in [5.74, 6) is -0.234. The molecule has 1 aliphatic carbocycles. The molecule has 15 heavy (non-hydrogen) atoms. The van der Waals surface area contributed by atoms with Crippen LogP contribution in [0.1, 0.15) is 12.0 Å². The van der Waals surface area contributed by atoms with Gasteiger partial charge in [-0.15, -0.1) is 0 Å². The number of piperidine rings is 1. The zero-order valence-corrected chi connectivity index (χ0v) is 8.19. The first-order chi connectivity index (χ1) is 7.22. The molecule has 1 saturated heterocycles. The summed E-state index contributed by atoms with van der Waals surface area (Å²) >= 11 is 0. The Kier molecular flexibility index (Phi) is 1.55. The van der Waals surface area contributed by atoms with E-state index < -0.39 is 5.41 Å². The summed E-state index contributed by atoms with van der Waals surface area (Å²) in [6, 6.07) is 9.86. The molecule has 2 unspecified atom stereocenters. The van der Waals surface area contributed by atoms with Crippen molar-refractivity contribution in [2.45, 2.75) is 12.8 Å². The quantitative estimate of drug-likeness (QED) is 0.722. The minimum Gasteiger partial charge on any atom is -0.296 e. The van der Waals surface area contributed by atoms with Gasteiger partial charge in [0.05, 0.1) is 11.3 Å². The number of nitrogens with one attached hydrogen (secondary N) is 1. The van der Waals surface area contributed by atoms with Gasteiger partial charge in [-0.2, -0.15) is 0 Å². The van der Waals surface area contributed by atoms with Gasteiger partial charge >= 0.3 is 0 Å². The first-order valence-corrected chi connectivity index (χ1v) is 5.12. The molecule has 0 spiro atoms. The Morgan fingerprint density at radius 2 is 2.00 bits per heavy atom. The van der Waals surface area contributed by atoms with Gasteiger partial charge in [-0.3, -0.25) is 14.9 Å². The van der Waals surface area contributed by atoms with Crippen molar-refractivity contribution < 1.29 is 9.59 Å². The summed E-state index contributed by atoms with van der Waals surface area (Å²) in [4.78, 5) is 22.9. The highest BCUT2D eigenvalue weighted by Gasteiger charge is 2.68. The monoisotopic (exact) mass is 201 g/mol. The van der Waals surface area contributed by atoms with Crippen LogP contribution in [0.2, 0.25) is 0 Å². The molecule has 1 saturated carbocycles. The van der Waals surface area contributed by atoms with Crippen molar-refractivity contribution in [2.24, 2.45) is 11.3 Å². The third-order valence-corrected chi connectivity index (χ3v) is 3.44. The van der Waals surface area contributed by atoms with Crippen molar-refractivity contribution in [3.8, 4) is 0 Å². The molecule has 2 amide bonds. The van der Waals surface area contributed by atoms with Crippen LogP contribution in [0.4, 0.5) is 0 Å². The molecular formula is C12H11NO2. The van der Waals surface area contributed by atoms with Crippen LogP contribution in [0.3, 0.4) is 0 Å². The maximum absolute atomic E-state index is 11.6. The highest BCUT2D eigenvalue weighted by molar-refractivity contribution is 6.11. The fourth-order valence-corrected chi connectivity index (χ4v) is 2.46. The van der Waals surface area contributed by atoms with Gasteiger partial charge in [-0.1, -0.05) is 30.3 Å². The average molecular weight is 201 g/mol. The normalized spacial score (nSPS) is 32.4. The van der Waals surface area contributed by atoms with Gasteiger partial charge in [0.2, 0.25) is 11.8 Å². The number of hydrogen-bond donors (Lipinski definition) is 1. The summed E-state index contributed by atoms with van der Waals surface area (Å²) in [5, 5.41) is 2.40. The molecule has 2 atom stereocenters. The van der Waals surface area contributed by atoms with Crippen LogP contribution >= 0.6 is 0 Å². The number of imide groups is 1. The molecule has 1 aliphatic heterocycles. The van der Waals surface area contributed by atoms with E-state index >= 15 is 0 Å². The molecule has 2 fully saturated rings. The second-order valence-electron chi connectivity index (χ2n) is 4.39. The largest absolute Gasteiger partial charge is 0.296 e. The van der Waals surface area contributed by atoms with Crippen LogP contribution < -0.4 is 5.32 Å². The highest BCUT2D eigenvalue weighted by Crippen LogP contribution is 2.58. The number of fused-ring (bicyclic) bond motifs is 1. The topological polar surface area (TPSA) is 46.2 Å². The molecule has 3 nitrogen and oxygen atoms in total. The van der Waals surface area contributed by atoms with Crippen LogP contribution in [-0.2, 0) is 16.0 Å². The van der Waals surface area contributed by atoms with Crippen molar-refractivity contribution >= 4 is 11.8 Å². The Hall–Kier alpha value is -1.64. The predicted octanol–water partition coefficient (Wildman–Crippen LogP) is 0.892. The van der Waals surface area contributed by atoms with E-state index in [1.54, 1.807) is 0 Å². The zero-order valence-electron chi connectivity index (χ0n) is 8.19. The smallest absolute Gasteiger partial charge is 0.233 e. The summed E-state index contributed by atoms with van der Waals surface area (Å²) in [6.45, 7) is 0. The number of hydrogen-bond acceptors (Lipinski definition) is 2. The van der Waals surface area contributed by atoms with Gasteiger partial charge in [0.25, 0.3) is 0 Å². The zero-order chi connectivity index (χ0) is 10.5. The summed E-state index contributed by atoms with van der Waals surface area (Å²) in [7, 11) is 0. The fourth-order valence-electron chi connectivity index (χ4n) is 2.46. The maximum atomic E-state index is 11.6. The lowest BCUT2D eigenvalue weighted by Gasteiger charge is -2.08.